The molecule has 2 aliphatic heterocycles. The summed E-state index contributed by atoms with van der Waals surface area (Å²) in [5, 5.41) is 3.29. The van der Waals surface area contributed by atoms with Gasteiger partial charge in [0.25, 0.3) is 0 Å². The quantitative estimate of drug-likeness (QED) is 0.629. The maximum Gasteiger partial charge on any atom is 0.327 e. The van der Waals surface area contributed by atoms with Crippen molar-refractivity contribution in [3.63, 3.8) is 0 Å². The molecule has 0 bridgehead atoms. The van der Waals surface area contributed by atoms with Crippen LogP contribution in [0.5, 0.6) is 5.75 Å². The van der Waals surface area contributed by atoms with E-state index in [-0.39, 0.29) is 18.4 Å². The highest BCUT2D eigenvalue weighted by Gasteiger charge is 2.67. The van der Waals surface area contributed by atoms with E-state index in [2.05, 4.69) is 5.32 Å². The zero-order valence-corrected chi connectivity index (χ0v) is 15.4. The smallest absolute Gasteiger partial charge is 0.327 e. The van der Waals surface area contributed by atoms with E-state index in [4.69, 9.17) is 9.47 Å². The van der Waals surface area contributed by atoms with Crippen LogP contribution < -0.4 is 10.1 Å². The second-order valence-electron chi connectivity index (χ2n) is 6.65. The first-order chi connectivity index (χ1) is 12.4. The number of para-hydroxylation sites is 1. The second-order valence-corrected chi connectivity index (χ2v) is 6.65. The van der Waals surface area contributed by atoms with E-state index in [9.17, 15) is 14.4 Å². The molecule has 3 rings (SSSR count). The zero-order chi connectivity index (χ0) is 19.1. The number of carbonyl (C=O) groups excluding carboxylic acids is 3. The maximum atomic E-state index is 12.8. The molecule has 7 nitrogen and oxygen atoms in total. The zero-order valence-electron chi connectivity index (χ0n) is 15.4. The number of rotatable bonds is 5. The summed E-state index contributed by atoms with van der Waals surface area (Å²) in [5.41, 5.74) is -0.481. The van der Waals surface area contributed by atoms with E-state index in [0.29, 0.717) is 12.2 Å². The third-order valence-electron chi connectivity index (χ3n) is 5.55. The molecule has 26 heavy (non-hydrogen) atoms. The minimum Gasteiger partial charge on any atom is -0.496 e. The van der Waals surface area contributed by atoms with Gasteiger partial charge in [-0.15, -0.1) is 0 Å². The fourth-order valence-electron chi connectivity index (χ4n) is 4.25. The largest absolute Gasteiger partial charge is 0.496 e. The van der Waals surface area contributed by atoms with Crippen LogP contribution in [-0.4, -0.2) is 49.0 Å². The van der Waals surface area contributed by atoms with Gasteiger partial charge >= 0.3 is 5.97 Å². The number of hydrogen-bond acceptors (Lipinski definition) is 6. The van der Waals surface area contributed by atoms with E-state index in [0.717, 1.165) is 10.5 Å². The Morgan fingerprint density at radius 1 is 1.23 bits per heavy atom. The number of fused-ring (bicyclic) bond motifs is 1. The fraction of sp³-hybridized carbons (Fsp3) is 0.526. The predicted molar refractivity (Wildman–Crippen MR) is 93.3 cm³/mol. The molecule has 0 unspecified atom stereocenters. The summed E-state index contributed by atoms with van der Waals surface area (Å²) in [4.78, 5) is 39.6. The first-order valence-corrected chi connectivity index (χ1v) is 8.82. The van der Waals surface area contributed by atoms with Crippen molar-refractivity contribution in [1.29, 1.82) is 0 Å². The highest BCUT2D eigenvalue weighted by Crippen LogP contribution is 2.51. The highest BCUT2D eigenvalue weighted by atomic mass is 16.5. The van der Waals surface area contributed by atoms with Crippen LogP contribution in [0.1, 0.15) is 31.9 Å². The molecule has 0 spiro atoms. The molecule has 2 fully saturated rings. The molecular weight excluding hydrogens is 336 g/mol. The first-order valence-electron chi connectivity index (χ1n) is 8.82. The lowest BCUT2D eigenvalue weighted by molar-refractivity contribution is -0.156. The number of likely N-dealkylation sites (tertiary alicyclic amines) is 1. The molecule has 0 aliphatic carbocycles. The summed E-state index contributed by atoms with van der Waals surface area (Å²) in [6, 6.07) is 6.81. The van der Waals surface area contributed by atoms with Crippen molar-refractivity contribution in [2.75, 3.05) is 20.8 Å². The van der Waals surface area contributed by atoms with Crippen LogP contribution >= 0.6 is 0 Å². The Bertz CT molecular complexity index is 749. The molecule has 0 aromatic heterocycles. The molecule has 2 amide bonds. The number of methoxy groups -OCH3 is 1. The number of carbonyl (C=O) groups is 3. The summed E-state index contributed by atoms with van der Waals surface area (Å²) in [6.07, 6.45) is 0.339. The molecule has 4 atom stereocenters. The van der Waals surface area contributed by atoms with Crippen LogP contribution in [0.2, 0.25) is 0 Å². The normalized spacial score (nSPS) is 30.5. The van der Waals surface area contributed by atoms with Gasteiger partial charge in [0.05, 0.1) is 25.6 Å². The lowest BCUT2D eigenvalue weighted by atomic mass is 9.78. The van der Waals surface area contributed by atoms with Gasteiger partial charge in [-0.3, -0.25) is 24.6 Å². The van der Waals surface area contributed by atoms with Gasteiger partial charge in [-0.05, 0) is 19.4 Å². The molecule has 1 aromatic carbocycles. The number of ether oxygens (including phenoxy) is 2. The standard InChI is InChI=1S/C19H24N2O5/c1-5-19(18(24)26-6-2)14-13(16(22)21(3)17(14)23)15(20-19)11-9-7-8-10-12(11)25-4/h7-10,13-15,20H,5-6H2,1-4H3/t13-,14-,15-,19-/m1/s1. The van der Waals surface area contributed by atoms with Crippen LogP contribution in [0.3, 0.4) is 0 Å². The van der Waals surface area contributed by atoms with Crippen LogP contribution in [0.25, 0.3) is 0 Å². The summed E-state index contributed by atoms with van der Waals surface area (Å²) in [7, 11) is 3.02. The Morgan fingerprint density at radius 3 is 2.54 bits per heavy atom. The average Bonchev–Trinajstić information content (AvgIpc) is 3.12. The number of amides is 2. The number of nitrogens with one attached hydrogen (secondary N) is 1. The first kappa shape index (κ1) is 18.4. The number of imide groups is 1. The molecule has 2 saturated heterocycles. The maximum absolute atomic E-state index is 12.8. The lowest BCUT2D eigenvalue weighted by Gasteiger charge is -2.31. The van der Waals surface area contributed by atoms with Crippen molar-refractivity contribution in [2.24, 2.45) is 11.8 Å². The summed E-state index contributed by atoms with van der Waals surface area (Å²) < 4.78 is 10.7. The van der Waals surface area contributed by atoms with Gasteiger partial charge < -0.3 is 9.47 Å². The number of hydrogen-bond donors (Lipinski definition) is 1. The van der Waals surface area contributed by atoms with E-state index < -0.39 is 29.4 Å². The molecule has 2 aliphatic rings. The number of benzene rings is 1. The van der Waals surface area contributed by atoms with Crippen molar-refractivity contribution in [1.82, 2.24) is 10.2 Å². The number of esters is 1. The van der Waals surface area contributed by atoms with Crippen LogP contribution in [0.15, 0.2) is 24.3 Å². The van der Waals surface area contributed by atoms with Crippen molar-refractivity contribution in [3.05, 3.63) is 29.8 Å². The van der Waals surface area contributed by atoms with Gasteiger partial charge in [-0.25, -0.2) is 0 Å². The van der Waals surface area contributed by atoms with Gasteiger partial charge in [0.1, 0.15) is 11.3 Å². The van der Waals surface area contributed by atoms with Gasteiger partial charge in [-0.2, -0.15) is 0 Å². The summed E-state index contributed by atoms with van der Waals surface area (Å²) >= 11 is 0. The van der Waals surface area contributed by atoms with E-state index in [1.165, 1.54) is 7.05 Å². The van der Waals surface area contributed by atoms with Crippen molar-refractivity contribution in [2.45, 2.75) is 31.8 Å². The Labute approximate surface area is 152 Å². The van der Waals surface area contributed by atoms with Crippen LogP contribution in [0, 0.1) is 11.8 Å². The molecule has 0 radical (unpaired) electrons. The monoisotopic (exact) mass is 360 g/mol. The van der Waals surface area contributed by atoms with E-state index in [1.54, 1.807) is 20.1 Å². The topological polar surface area (TPSA) is 84.9 Å². The Balaban J connectivity index is 2.15. The Morgan fingerprint density at radius 2 is 1.92 bits per heavy atom. The van der Waals surface area contributed by atoms with Gasteiger partial charge in [0.15, 0.2) is 0 Å². The SMILES string of the molecule is CCOC(=O)[C@]1(CC)N[C@H](c2ccccc2OC)[C@@H]2C(=O)N(C)C(=O)[C@@H]21. The Kier molecular flexibility index (Phi) is 4.75. The van der Waals surface area contributed by atoms with Crippen LogP contribution in [-0.2, 0) is 19.1 Å². The van der Waals surface area contributed by atoms with Gasteiger partial charge in [0.2, 0.25) is 11.8 Å². The Hall–Kier alpha value is -2.41. The van der Waals surface area contributed by atoms with Crippen molar-refractivity contribution in [3.8, 4) is 5.75 Å². The molecule has 0 saturated carbocycles. The molecule has 140 valence electrons. The predicted octanol–water partition coefficient (Wildman–Crippen LogP) is 1.28. The second kappa shape index (κ2) is 6.72. The third-order valence-corrected chi connectivity index (χ3v) is 5.55. The molecule has 2 heterocycles. The summed E-state index contributed by atoms with van der Waals surface area (Å²) in [6.45, 7) is 3.75. The van der Waals surface area contributed by atoms with Crippen molar-refractivity contribution >= 4 is 17.8 Å². The third kappa shape index (κ3) is 2.41. The molecule has 1 N–H and O–H groups in total. The highest BCUT2D eigenvalue weighted by molar-refractivity contribution is 6.09. The van der Waals surface area contributed by atoms with Gasteiger partial charge in [0, 0.05) is 18.7 Å². The minimum absolute atomic E-state index is 0.205. The molecule has 7 heteroatoms. The van der Waals surface area contributed by atoms with Gasteiger partial charge in [-0.1, -0.05) is 25.1 Å². The fourth-order valence-corrected chi connectivity index (χ4v) is 4.25. The molecule has 1 aromatic rings. The summed E-state index contributed by atoms with van der Waals surface area (Å²) in [5.74, 6) is -1.99. The van der Waals surface area contributed by atoms with Crippen molar-refractivity contribution < 1.29 is 23.9 Å². The van der Waals surface area contributed by atoms with E-state index in [1.807, 2.05) is 25.1 Å². The molecular formula is C19H24N2O5. The number of nitrogens with zero attached hydrogens (tertiary/aromatic N) is 1. The average molecular weight is 360 g/mol. The minimum atomic E-state index is -1.23. The van der Waals surface area contributed by atoms with Crippen LogP contribution in [0.4, 0.5) is 0 Å². The van der Waals surface area contributed by atoms with E-state index >= 15 is 0 Å². The lowest BCUT2D eigenvalue weighted by Crippen LogP contribution is -2.55.